The number of alkyl halides is 1. The average Bonchev–Trinajstić information content (AvgIpc) is 2.35. The molecule has 0 heterocycles. The molecule has 0 aromatic heterocycles. The molecule has 1 aromatic rings. The molecule has 0 bridgehead atoms. The van der Waals surface area contributed by atoms with Gasteiger partial charge in [-0.05, 0) is 30.7 Å². The minimum absolute atomic E-state index is 0.202. The van der Waals surface area contributed by atoms with Crippen molar-refractivity contribution in [3.8, 4) is 6.07 Å². The summed E-state index contributed by atoms with van der Waals surface area (Å²) >= 11 is 5.88. The van der Waals surface area contributed by atoms with Crippen LogP contribution in [0.5, 0.6) is 0 Å². The Morgan fingerprint density at radius 1 is 1.41 bits per heavy atom. The third kappa shape index (κ3) is 3.05. The molecular formula is C12H10ClNO3. The van der Waals surface area contributed by atoms with E-state index in [9.17, 15) is 9.59 Å². The molecule has 0 amide bonds. The van der Waals surface area contributed by atoms with Crippen molar-refractivity contribution in [2.45, 2.75) is 12.3 Å². The molecule has 0 aliphatic heterocycles. The van der Waals surface area contributed by atoms with Crippen molar-refractivity contribution in [2.24, 2.45) is 0 Å². The first kappa shape index (κ1) is 13.2. The lowest BCUT2D eigenvalue weighted by Crippen LogP contribution is -2.06. The number of hydrogen-bond acceptors (Lipinski definition) is 4. The van der Waals surface area contributed by atoms with Gasteiger partial charge in [0.2, 0.25) is 0 Å². The molecule has 0 radical (unpaired) electrons. The molecule has 1 rings (SSSR count). The molecule has 5 heteroatoms. The predicted molar refractivity (Wildman–Crippen MR) is 61.8 cm³/mol. The smallest absolute Gasteiger partial charge is 0.337 e. The maximum absolute atomic E-state index is 11.4. The van der Waals surface area contributed by atoms with E-state index in [0.29, 0.717) is 5.56 Å². The van der Waals surface area contributed by atoms with Crippen LogP contribution in [-0.2, 0) is 9.53 Å². The van der Waals surface area contributed by atoms with Crippen molar-refractivity contribution in [2.75, 3.05) is 7.11 Å². The highest BCUT2D eigenvalue weighted by Gasteiger charge is 2.17. The lowest BCUT2D eigenvalue weighted by molar-refractivity contribution is -0.116. The van der Waals surface area contributed by atoms with E-state index >= 15 is 0 Å². The van der Waals surface area contributed by atoms with Gasteiger partial charge in [-0.1, -0.05) is 0 Å². The summed E-state index contributed by atoms with van der Waals surface area (Å²) < 4.78 is 4.55. The summed E-state index contributed by atoms with van der Waals surface area (Å²) in [6.45, 7) is 1.34. The lowest BCUT2D eigenvalue weighted by atomic mass is 10.0. The fourth-order valence-corrected chi connectivity index (χ4v) is 1.46. The van der Waals surface area contributed by atoms with E-state index in [1.54, 1.807) is 0 Å². The second-order valence-corrected chi connectivity index (χ2v) is 3.86. The molecule has 17 heavy (non-hydrogen) atoms. The minimum Gasteiger partial charge on any atom is -0.465 e. The number of rotatable bonds is 3. The lowest BCUT2D eigenvalue weighted by Gasteiger charge is -2.08. The number of esters is 1. The van der Waals surface area contributed by atoms with Crippen molar-refractivity contribution in [3.05, 3.63) is 34.9 Å². The highest BCUT2D eigenvalue weighted by Crippen LogP contribution is 2.24. The van der Waals surface area contributed by atoms with E-state index < -0.39 is 11.3 Å². The van der Waals surface area contributed by atoms with Crippen LogP contribution in [0.3, 0.4) is 0 Å². The molecule has 1 aromatic carbocycles. The highest BCUT2D eigenvalue weighted by molar-refractivity contribution is 6.30. The number of nitrogens with zero attached hydrogens (tertiary/aromatic N) is 1. The molecule has 0 saturated carbocycles. The van der Waals surface area contributed by atoms with Crippen LogP contribution in [0.4, 0.5) is 0 Å². The van der Waals surface area contributed by atoms with Crippen molar-refractivity contribution in [1.29, 1.82) is 5.26 Å². The Hall–Kier alpha value is -1.86. The van der Waals surface area contributed by atoms with Crippen molar-refractivity contribution in [3.63, 3.8) is 0 Å². The van der Waals surface area contributed by atoms with Crippen LogP contribution in [0.2, 0.25) is 0 Å². The molecule has 0 aliphatic carbocycles. The third-order valence-corrected chi connectivity index (χ3v) is 2.71. The SMILES string of the molecule is COC(=O)c1cc(C#N)cc(C(Cl)C(C)=O)c1. The number of ether oxygens (including phenoxy) is 1. The van der Waals surface area contributed by atoms with E-state index in [1.165, 1.54) is 32.2 Å². The number of carbonyl (C=O) groups excluding carboxylic acids is 2. The van der Waals surface area contributed by atoms with Crippen LogP contribution >= 0.6 is 11.6 Å². The standard InChI is InChI=1S/C12H10ClNO3/c1-7(15)11(13)9-3-8(6-14)4-10(5-9)12(16)17-2/h3-5,11H,1-2H3. The minimum atomic E-state index is -0.869. The maximum Gasteiger partial charge on any atom is 0.337 e. The van der Waals surface area contributed by atoms with Crippen molar-refractivity contribution < 1.29 is 14.3 Å². The topological polar surface area (TPSA) is 67.2 Å². The number of nitriles is 1. The molecule has 4 nitrogen and oxygen atoms in total. The van der Waals surface area contributed by atoms with Gasteiger partial charge in [-0.25, -0.2) is 4.79 Å². The summed E-state index contributed by atoms with van der Waals surface area (Å²) in [6, 6.07) is 6.22. The van der Waals surface area contributed by atoms with Gasteiger partial charge in [-0.15, -0.1) is 11.6 Å². The molecule has 0 spiro atoms. The Labute approximate surface area is 104 Å². The number of benzene rings is 1. The molecule has 1 unspecified atom stereocenters. The van der Waals surface area contributed by atoms with E-state index in [0.717, 1.165) is 0 Å². The van der Waals surface area contributed by atoms with Crippen molar-refractivity contribution in [1.82, 2.24) is 0 Å². The van der Waals surface area contributed by atoms with Gasteiger partial charge in [-0.2, -0.15) is 5.26 Å². The highest BCUT2D eigenvalue weighted by atomic mass is 35.5. The van der Waals surface area contributed by atoms with Crippen LogP contribution in [0.15, 0.2) is 18.2 Å². The quantitative estimate of drug-likeness (QED) is 0.610. The van der Waals surface area contributed by atoms with E-state index in [-0.39, 0.29) is 16.9 Å². The fourth-order valence-electron chi connectivity index (χ4n) is 1.33. The monoisotopic (exact) mass is 251 g/mol. The Morgan fingerprint density at radius 2 is 2.06 bits per heavy atom. The number of carbonyl (C=O) groups is 2. The molecule has 0 fully saturated rings. The van der Waals surface area contributed by atoms with E-state index in [4.69, 9.17) is 16.9 Å². The zero-order valence-corrected chi connectivity index (χ0v) is 10.1. The van der Waals surface area contributed by atoms with Crippen LogP contribution < -0.4 is 0 Å². The Morgan fingerprint density at radius 3 is 2.53 bits per heavy atom. The Balaban J connectivity index is 3.29. The zero-order valence-electron chi connectivity index (χ0n) is 9.36. The first-order valence-corrected chi connectivity index (χ1v) is 5.21. The predicted octanol–water partition coefficient (Wildman–Crippen LogP) is 2.21. The summed E-state index contributed by atoms with van der Waals surface area (Å²) in [5, 5.41) is 7.96. The third-order valence-electron chi connectivity index (χ3n) is 2.16. The zero-order chi connectivity index (χ0) is 13.0. The van der Waals surface area contributed by atoms with Gasteiger partial charge in [0.25, 0.3) is 0 Å². The van der Waals surface area contributed by atoms with Gasteiger partial charge in [0.05, 0.1) is 24.3 Å². The first-order valence-electron chi connectivity index (χ1n) is 4.77. The molecule has 0 saturated heterocycles. The number of methoxy groups -OCH3 is 1. The normalized spacial score (nSPS) is 11.4. The second-order valence-electron chi connectivity index (χ2n) is 3.42. The summed E-state index contributed by atoms with van der Waals surface area (Å²) in [5.74, 6) is -0.826. The summed E-state index contributed by atoms with van der Waals surface area (Å²) in [7, 11) is 1.24. The number of halogens is 1. The van der Waals surface area contributed by atoms with Crippen LogP contribution in [0.1, 0.15) is 33.8 Å². The van der Waals surface area contributed by atoms with Gasteiger partial charge < -0.3 is 4.74 Å². The largest absolute Gasteiger partial charge is 0.465 e. The van der Waals surface area contributed by atoms with Crippen molar-refractivity contribution >= 4 is 23.4 Å². The number of ketones is 1. The summed E-state index contributed by atoms with van der Waals surface area (Å²) in [6.07, 6.45) is 0. The van der Waals surface area contributed by atoms with Crippen LogP contribution in [0.25, 0.3) is 0 Å². The number of hydrogen-bond donors (Lipinski definition) is 0. The maximum atomic E-state index is 11.4. The van der Waals surface area contributed by atoms with E-state index in [2.05, 4.69) is 4.74 Å². The molecular weight excluding hydrogens is 242 g/mol. The molecule has 1 atom stereocenters. The Kier molecular flexibility index (Phi) is 4.24. The van der Waals surface area contributed by atoms with Gasteiger partial charge in [-0.3, -0.25) is 4.79 Å². The first-order chi connectivity index (χ1) is 7.99. The average molecular weight is 252 g/mol. The molecule has 0 N–H and O–H groups in total. The molecule has 88 valence electrons. The van der Waals surface area contributed by atoms with E-state index in [1.807, 2.05) is 6.07 Å². The van der Waals surface area contributed by atoms with Gasteiger partial charge in [0.1, 0.15) is 5.38 Å². The Bertz CT molecular complexity index is 505. The van der Waals surface area contributed by atoms with Crippen LogP contribution in [-0.4, -0.2) is 18.9 Å². The van der Waals surface area contributed by atoms with Gasteiger partial charge in [0.15, 0.2) is 5.78 Å². The summed E-state index contributed by atoms with van der Waals surface area (Å²) in [5.41, 5.74) is 0.877. The summed E-state index contributed by atoms with van der Waals surface area (Å²) in [4.78, 5) is 22.5. The van der Waals surface area contributed by atoms with Crippen LogP contribution in [0, 0.1) is 11.3 Å². The number of Topliss-reactive ketones (excluding diaryl/α,β-unsaturated/α-hetero) is 1. The second kappa shape index (κ2) is 5.46. The fraction of sp³-hybridized carbons (Fsp3) is 0.250. The molecule has 0 aliphatic rings. The van der Waals surface area contributed by atoms with Gasteiger partial charge >= 0.3 is 5.97 Å². The van der Waals surface area contributed by atoms with Gasteiger partial charge in [0, 0.05) is 0 Å².